The van der Waals surface area contributed by atoms with Crippen molar-refractivity contribution in [2.45, 2.75) is 32.2 Å². The lowest BCUT2D eigenvalue weighted by molar-refractivity contribution is -0.124. The Morgan fingerprint density at radius 3 is 2.71 bits per heavy atom. The summed E-state index contributed by atoms with van der Waals surface area (Å²) in [5.41, 5.74) is -0.192. The highest BCUT2D eigenvalue weighted by Crippen LogP contribution is 2.38. The SMILES string of the molecule is Cc1cc(C(=O)N(C)[C@H]2C[C@H]3CC(=O)NC[C@H]3C2)c2c(=O)[nH]c(=O)n(C)c2n1. The molecule has 4 rings (SSSR count). The number of fused-ring (bicyclic) bond motifs is 2. The van der Waals surface area contributed by atoms with Crippen molar-refractivity contribution in [1.29, 1.82) is 0 Å². The first-order valence-corrected chi connectivity index (χ1v) is 9.40. The van der Waals surface area contributed by atoms with E-state index in [1.807, 2.05) is 0 Å². The molecule has 2 N–H and O–H groups in total. The van der Waals surface area contributed by atoms with Crippen molar-refractivity contribution in [2.75, 3.05) is 13.6 Å². The van der Waals surface area contributed by atoms with Crippen molar-refractivity contribution in [3.8, 4) is 0 Å². The van der Waals surface area contributed by atoms with Crippen LogP contribution in [0.3, 0.4) is 0 Å². The quantitative estimate of drug-likeness (QED) is 0.750. The number of piperidine rings is 1. The van der Waals surface area contributed by atoms with E-state index in [4.69, 9.17) is 0 Å². The summed E-state index contributed by atoms with van der Waals surface area (Å²) in [6.07, 6.45) is 2.10. The maximum absolute atomic E-state index is 13.3. The second-order valence-corrected chi connectivity index (χ2v) is 7.90. The average Bonchev–Trinajstić information content (AvgIpc) is 3.07. The normalized spacial score (nSPS) is 24.1. The van der Waals surface area contributed by atoms with Gasteiger partial charge < -0.3 is 10.2 Å². The minimum atomic E-state index is -0.614. The zero-order valence-corrected chi connectivity index (χ0v) is 16.1. The lowest BCUT2D eigenvalue weighted by Crippen LogP contribution is -2.38. The number of aryl methyl sites for hydroxylation is 2. The molecule has 0 aromatic carbocycles. The molecule has 3 atom stereocenters. The van der Waals surface area contributed by atoms with Gasteiger partial charge in [-0.3, -0.25) is 23.9 Å². The van der Waals surface area contributed by atoms with E-state index in [0.717, 1.165) is 12.8 Å². The summed E-state index contributed by atoms with van der Waals surface area (Å²) in [6, 6.07) is 1.60. The molecule has 1 saturated heterocycles. The van der Waals surface area contributed by atoms with Gasteiger partial charge in [-0.25, -0.2) is 9.78 Å². The minimum absolute atomic E-state index is 0.00494. The summed E-state index contributed by atoms with van der Waals surface area (Å²) in [5, 5.41) is 3.02. The van der Waals surface area contributed by atoms with Crippen LogP contribution in [0.15, 0.2) is 15.7 Å². The topological polar surface area (TPSA) is 117 Å². The Labute approximate surface area is 160 Å². The Morgan fingerprint density at radius 1 is 1.25 bits per heavy atom. The molecule has 0 radical (unpaired) electrons. The Bertz CT molecular complexity index is 1100. The molecular weight excluding hydrogens is 362 g/mol. The summed E-state index contributed by atoms with van der Waals surface area (Å²) < 4.78 is 1.24. The maximum atomic E-state index is 13.3. The number of carbonyl (C=O) groups excluding carboxylic acids is 2. The van der Waals surface area contributed by atoms with Crippen LogP contribution >= 0.6 is 0 Å². The number of hydrogen-bond donors (Lipinski definition) is 2. The van der Waals surface area contributed by atoms with Crippen LogP contribution in [0.4, 0.5) is 0 Å². The van der Waals surface area contributed by atoms with E-state index in [0.29, 0.717) is 24.6 Å². The molecule has 148 valence electrons. The third kappa shape index (κ3) is 2.90. The van der Waals surface area contributed by atoms with E-state index in [1.165, 1.54) is 11.6 Å². The van der Waals surface area contributed by atoms with Crippen LogP contribution in [0.5, 0.6) is 0 Å². The molecule has 9 heteroatoms. The van der Waals surface area contributed by atoms with Crippen molar-refractivity contribution in [2.24, 2.45) is 18.9 Å². The molecule has 3 heterocycles. The average molecular weight is 385 g/mol. The molecule has 9 nitrogen and oxygen atoms in total. The Kier molecular flexibility index (Phi) is 4.32. The van der Waals surface area contributed by atoms with Crippen molar-refractivity contribution >= 4 is 22.8 Å². The standard InChI is InChI=1S/C19H23N5O4/c1-9-4-13(15-16(21-9)24(3)19(28)22-17(15)26)18(27)23(2)12-5-10-7-14(25)20-8-11(10)6-12/h4,10-12H,5-8H2,1-3H3,(H,20,25)(H,22,26,28)/t10-,11+,12-/m0/s1. The molecule has 28 heavy (non-hydrogen) atoms. The fourth-order valence-electron chi connectivity index (χ4n) is 4.54. The monoisotopic (exact) mass is 385 g/mol. The molecule has 2 fully saturated rings. The zero-order valence-electron chi connectivity index (χ0n) is 16.1. The van der Waals surface area contributed by atoms with Crippen LogP contribution in [0.2, 0.25) is 0 Å². The summed E-state index contributed by atoms with van der Waals surface area (Å²) in [4.78, 5) is 57.5. The Hall–Kier alpha value is -2.97. The fraction of sp³-hybridized carbons (Fsp3) is 0.526. The first-order valence-electron chi connectivity index (χ1n) is 9.40. The van der Waals surface area contributed by atoms with Gasteiger partial charge in [-0.1, -0.05) is 0 Å². The first-order chi connectivity index (χ1) is 13.3. The Morgan fingerprint density at radius 2 is 1.96 bits per heavy atom. The fourth-order valence-corrected chi connectivity index (χ4v) is 4.54. The van der Waals surface area contributed by atoms with E-state index in [2.05, 4.69) is 15.3 Å². The zero-order chi connectivity index (χ0) is 20.2. The predicted octanol–water partition coefficient (Wildman–Crippen LogP) is -0.0831. The summed E-state index contributed by atoms with van der Waals surface area (Å²) in [7, 11) is 3.24. The maximum Gasteiger partial charge on any atom is 0.329 e. The molecule has 0 bridgehead atoms. The number of nitrogens with zero attached hydrogens (tertiary/aromatic N) is 3. The molecule has 2 amide bonds. The van der Waals surface area contributed by atoms with Gasteiger partial charge in [0.05, 0.1) is 10.9 Å². The van der Waals surface area contributed by atoms with Crippen molar-refractivity contribution in [1.82, 2.24) is 24.8 Å². The molecule has 0 unspecified atom stereocenters. The van der Waals surface area contributed by atoms with Crippen molar-refractivity contribution < 1.29 is 9.59 Å². The highest BCUT2D eigenvalue weighted by molar-refractivity contribution is 6.05. The van der Waals surface area contributed by atoms with Crippen LogP contribution in [0, 0.1) is 18.8 Å². The molecule has 2 aromatic heterocycles. The van der Waals surface area contributed by atoms with Gasteiger partial charge in [-0.2, -0.15) is 0 Å². The molecule has 1 saturated carbocycles. The number of nitrogens with one attached hydrogen (secondary N) is 2. The van der Waals surface area contributed by atoms with E-state index in [-0.39, 0.29) is 40.4 Å². The van der Waals surface area contributed by atoms with E-state index in [9.17, 15) is 19.2 Å². The van der Waals surface area contributed by atoms with E-state index in [1.54, 1.807) is 24.9 Å². The van der Waals surface area contributed by atoms with E-state index >= 15 is 0 Å². The molecular formula is C19H23N5O4. The first kappa shape index (κ1) is 18.4. The van der Waals surface area contributed by atoms with Crippen LogP contribution in [0.25, 0.3) is 11.0 Å². The van der Waals surface area contributed by atoms with Crippen LogP contribution in [-0.4, -0.2) is 50.9 Å². The molecule has 2 aromatic rings. The van der Waals surface area contributed by atoms with Gasteiger partial charge in [0, 0.05) is 38.8 Å². The van der Waals surface area contributed by atoms with Crippen LogP contribution < -0.4 is 16.6 Å². The van der Waals surface area contributed by atoms with Gasteiger partial charge in [-0.05, 0) is 37.7 Å². The number of aromatic nitrogens is 3. The third-order valence-electron chi connectivity index (χ3n) is 6.12. The summed E-state index contributed by atoms with van der Waals surface area (Å²) in [6.45, 7) is 2.38. The minimum Gasteiger partial charge on any atom is -0.356 e. The lowest BCUT2D eigenvalue weighted by Gasteiger charge is -2.25. The number of hydrogen-bond acceptors (Lipinski definition) is 5. The van der Waals surface area contributed by atoms with E-state index < -0.39 is 11.2 Å². The van der Waals surface area contributed by atoms with Gasteiger partial charge in [0.2, 0.25) is 5.91 Å². The smallest absolute Gasteiger partial charge is 0.329 e. The van der Waals surface area contributed by atoms with Crippen LogP contribution in [0.1, 0.15) is 35.3 Å². The number of carbonyl (C=O) groups is 2. The number of rotatable bonds is 2. The second-order valence-electron chi connectivity index (χ2n) is 7.90. The molecule has 2 aliphatic rings. The predicted molar refractivity (Wildman–Crippen MR) is 102 cm³/mol. The van der Waals surface area contributed by atoms with Gasteiger partial charge >= 0.3 is 5.69 Å². The lowest BCUT2D eigenvalue weighted by atomic mass is 9.89. The van der Waals surface area contributed by atoms with Crippen molar-refractivity contribution in [3.63, 3.8) is 0 Å². The van der Waals surface area contributed by atoms with Gasteiger partial charge in [0.25, 0.3) is 11.5 Å². The number of H-pyrrole nitrogens is 1. The van der Waals surface area contributed by atoms with Gasteiger partial charge in [0.15, 0.2) is 0 Å². The van der Waals surface area contributed by atoms with Crippen molar-refractivity contribution in [3.05, 3.63) is 38.2 Å². The highest BCUT2D eigenvalue weighted by Gasteiger charge is 2.41. The largest absolute Gasteiger partial charge is 0.356 e. The van der Waals surface area contributed by atoms with Gasteiger partial charge in [-0.15, -0.1) is 0 Å². The third-order valence-corrected chi connectivity index (χ3v) is 6.12. The number of pyridine rings is 1. The number of amides is 2. The Balaban J connectivity index is 1.71. The number of aromatic amines is 1. The molecule has 0 spiro atoms. The summed E-state index contributed by atoms with van der Waals surface area (Å²) >= 11 is 0. The highest BCUT2D eigenvalue weighted by atomic mass is 16.2. The second kappa shape index (κ2) is 6.57. The summed E-state index contributed by atoms with van der Waals surface area (Å²) in [5.74, 6) is 0.453. The van der Waals surface area contributed by atoms with Gasteiger partial charge in [0.1, 0.15) is 5.65 Å². The van der Waals surface area contributed by atoms with Crippen LogP contribution in [-0.2, 0) is 11.8 Å². The molecule has 1 aliphatic carbocycles. The molecule has 1 aliphatic heterocycles.